The van der Waals surface area contributed by atoms with E-state index in [4.69, 9.17) is 5.10 Å². The van der Waals surface area contributed by atoms with Crippen LogP contribution in [0.15, 0.2) is 69.0 Å². The molecule has 0 radical (unpaired) electrons. The third-order valence-electron chi connectivity index (χ3n) is 8.06. The van der Waals surface area contributed by atoms with Crippen LogP contribution in [0.3, 0.4) is 0 Å². The van der Waals surface area contributed by atoms with Gasteiger partial charge in [0, 0.05) is 39.3 Å². The van der Waals surface area contributed by atoms with Crippen molar-refractivity contribution in [1.29, 1.82) is 0 Å². The van der Waals surface area contributed by atoms with E-state index in [1.54, 1.807) is 0 Å². The molecular weight excluding hydrogens is 578 g/mol. The molecule has 0 N–H and O–H groups in total. The van der Waals surface area contributed by atoms with E-state index in [2.05, 4.69) is 40.8 Å². The van der Waals surface area contributed by atoms with E-state index >= 15 is 0 Å². The number of carbonyl (C=O) groups is 1. The number of amides is 1. The molecule has 41 heavy (non-hydrogen) atoms. The molecule has 4 aromatic rings. The molecular formula is C33H34BrN5O2. The molecule has 7 nitrogen and oxygen atoms in total. The summed E-state index contributed by atoms with van der Waals surface area (Å²) in [6.07, 6.45) is 6.13. The van der Waals surface area contributed by atoms with Gasteiger partial charge < -0.3 is 4.90 Å². The average Bonchev–Trinajstić information content (AvgIpc) is 3.56. The van der Waals surface area contributed by atoms with Gasteiger partial charge >= 0.3 is 0 Å². The normalized spacial score (nSPS) is 16.8. The first-order chi connectivity index (χ1) is 19.6. The molecule has 4 heterocycles. The van der Waals surface area contributed by atoms with Gasteiger partial charge in [-0.05, 0) is 81.0 Å². The Bertz CT molecular complexity index is 1810. The highest BCUT2D eigenvalue weighted by molar-refractivity contribution is 9.10. The molecule has 0 saturated heterocycles. The molecule has 2 aliphatic rings. The number of aliphatic imine (C=N–C) groups is 1. The summed E-state index contributed by atoms with van der Waals surface area (Å²) in [4.78, 5) is 34.5. The smallest absolute Gasteiger partial charge is 0.261 e. The van der Waals surface area contributed by atoms with Gasteiger partial charge in [-0.15, -0.1) is 0 Å². The van der Waals surface area contributed by atoms with Gasteiger partial charge in [-0.1, -0.05) is 48.0 Å². The van der Waals surface area contributed by atoms with Gasteiger partial charge in [-0.25, -0.2) is 4.52 Å². The molecule has 0 fully saturated rings. The van der Waals surface area contributed by atoms with Crippen molar-refractivity contribution >= 4 is 38.9 Å². The van der Waals surface area contributed by atoms with Crippen LogP contribution in [-0.2, 0) is 19.4 Å². The monoisotopic (exact) mass is 611 g/mol. The highest BCUT2D eigenvalue weighted by Crippen LogP contribution is 2.29. The fourth-order valence-corrected chi connectivity index (χ4v) is 6.17. The number of carbonyl (C=O) groups excluding carboxylic acids is 1. The van der Waals surface area contributed by atoms with Gasteiger partial charge in [0.2, 0.25) is 0 Å². The number of aromatic nitrogens is 3. The van der Waals surface area contributed by atoms with E-state index in [9.17, 15) is 9.59 Å². The van der Waals surface area contributed by atoms with Crippen LogP contribution < -0.4 is 5.56 Å². The molecule has 1 amide bonds. The first-order valence-corrected chi connectivity index (χ1v) is 15.0. The van der Waals surface area contributed by atoms with E-state index in [-0.39, 0.29) is 17.5 Å². The molecule has 0 aliphatic carbocycles. The molecule has 8 heteroatoms. The van der Waals surface area contributed by atoms with Gasteiger partial charge in [-0.3, -0.25) is 19.1 Å². The van der Waals surface area contributed by atoms with Crippen LogP contribution in [0.25, 0.3) is 17.0 Å². The second kappa shape index (κ2) is 10.6. The minimum absolute atomic E-state index is 0.0414. The van der Waals surface area contributed by atoms with E-state index < -0.39 is 0 Å². The minimum atomic E-state index is -0.138. The number of rotatable bonds is 5. The molecule has 6 rings (SSSR count). The number of benzene rings is 2. The maximum atomic E-state index is 14.3. The predicted octanol–water partition coefficient (Wildman–Crippen LogP) is 6.55. The van der Waals surface area contributed by atoms with E-state index in [1.807, 2.05) is 83.4 Å². The Labute approximate surface area is 248 Å². The molecule has 0 bridgehead atoms. The van der Waals surface area contributed by atoms with Crippen LogP contribution in [0.2, 0.25) is 0 Å². The second-order valence-electron chi connectivity index (χ2n) is 11.7. The number of halogens is 1. The van der Waals surface area contributed by atoms with Crippen LogP contribution in [0, 0.1) is 12.8 Å². The topological polar surface area (TPSA) is 72.0 Å². The maximum Gasteiger partial charge on any atom is 0.261 e. The molecule has 210 valence electrons. The van der Waals surface area contributed by atoms with Crippen molar-refractivity contribution in [3.63, 3.8) is 0 Å². The zero-order chi connectivity index (χ0) is 29.0. The predicted molar refractivity (Wildman–Crippen MR) is 167 cm³/mol. The van der Waals surface area contributed by atoms with Crippen LogP contribution in [0.5, 0.6) is 0 Å². The van der Waals surface area contributed by atoms with Crippen molar-refractivity contribution in [2.45, 2.75) is 66.5 Å². The van der Waals surface area contributed by atoms with Crippen molar-refractivity contribution in [3.8, 4) is 5.69 Å². The number of nitrogens with zero attached hydrogens (tertiary/aromatic N) is 5. The SMILES string of the molecule is CC1=NC(c2ccc(-n3c(=O)c4c(n5ncc(CC(C)C)c35)CN(C(=O)c3ccc(Br)c(C)c3)[C@H](C)C4)cc2)=CC1. The zero-order valence-electron chi connectivity index (χ0n) is 24.1. The molecule has 2 aliphatic heterocycles. The summed E-state index contributed by atoms with van der Waals surface area (Å²) >= 11 is 3.53. The fraction of sp³-hybridized carbons (Fsp3) is 0.333. The summed E-state index contributed by atoms with van der Waals surface area (Å²) < 4.78 is 4.68. The van der Waals surface area contributed by atoms with E-state index in [1.165, 1.54) is 0 Å². The molecule has 0 spiro atoms. The Morgan fingerprint density at radius 3 is 2.54 bits per heavy atom. The minimum Gasteiger partial charge on any atom is -0.330 e. The van der Waals surface area contributed by atoms with Crippen molar-refractivity contribution < 1.29 is 4.79 Å². The first-order valence-electron chi connectivity index (χ1n) is 14.2. The lowest BCUT2D eigenvalue weighted by Crippen LogP contribution is -2.46. The Morgan fingerprint density at radius 2 is 1.88 bits per heavy atom. The van der Waals surface area contributed by atoms with Gasteiger partial charge in [-0.2, -0.15) is 5.10 Å². The van der Waals surface area contributed by atoms with Crippen LogP contribution in [0.1, 0.15) is 72.4 Å². The van der Waals surface area contributed by atoms with Crippen molar-refractivity contribution in [2.75, 3.05) is 0 Å². The Morgan fingerprint density at radius 1 is 1.12 bits per heavy atom. The van der Waals surface area contributed by atoms with Gasteiger partial charge in [0.1, 0.15) is 5.65 Å². The summed E-state index contributed by atoms with van der Waals surface area (Å²) in [5.74, 6) is 0.347. The van der Waals surface area contributed by atoms with Crippen molar-refractivity contribution in [2.24, 2.45) is 10.9 Å². The number of aryl methyl sites for hydroxylation is 1. The van der Waals surface area contributed by atoms with E-state index in [0.717, 1.165) is 62.4 Å². The highest BCUT2D eigenvalue weighted by Gasteiger charge is 2.33. The first kappa shape index (κ1) is 27.4. The van der Waals surface area contributed by atoms with Crippen molar-refractivity contribution in [1.82, 2.24) is 19.1 Å². The number of fused-ring (bicyclic) bond motifs is 3. The Kier molecular flexibility index (Phi) is 7.06. The number of allylic oxidation sites excluding steroid dienone is 1. The molecule has 1 atom stereocenters. The fourth-order valence-electron chi connectivity index (χ4n) is 5.93. The van der Waals surface area contributed by atoms with Crippen LogP contribution in [0.4, 0.5) is 0 Å². The molecule has 0 saturated carbocycles. The maximum absolute atomic E-state index is 14.3. The molecule has 2 aromatic carbocycles. The summed E-state index contributed by atoms with van der Waals surface area (Å²) in [6.45, 7) is 10.7. The summed E-state index contributed by atoms with van der Waals surface area (Å²) in [7, 11) is 0. The van der Waals surface area contributed by atoms with Crippen LogP contribution in [-0.4, -0.2) is 36.7 Å². The Hall–Kier alpha value is -3.78. The lowest BCUT2D eigenvalue weighted by molar-refractivity contribution is 0.0651. The Balaban J connectivity index is 1.47. The number of hydrogen-bond acceptors (Lipinski definition) is 4. The van der Waals surface area contributed by atoms with Crippen LogP contribution >= 0.6 is 15.9 Å². The molecule has 2 aromatic heterocycles. The third kappa shape index (κ3) is 4.88. The lowest BCUT2D eigenvalue weighted by Gasteiger charge is -2.35. The lowest BCUT2D eigenvalue weighted by atomic mass is 9.97. The second-order valence-corrected chi connectivity index (χ2v) is 12.6. The molecule has 0 unspecified atom stereocenters. The number of hydrogen-bond donors (Lipinski definition) is 0. The quantitative estimate of drug-likeness (QED) is 0.257. The van der Waals surface area contributed by atoms with E-state index in [0.29, 0.717) is 30.0 Å². The van der Waals surface area contributed by atoms with Gasteiger partial charge in [0.25, 0.3) is 11.5 Å². The van der Waals surface area contributed by atoms with Gasteiger partial charge in [0.15, 0.2) is 0 Å². The zero-order valence-corrected chi connectivity index (χ0v) is 25.7. The summed E-state index contributed by atoms with van der Waals surface area (Å²) in [5, 5.41) is 4.80. The summed E-state index contributed by atoms with van der Waals surface area (Å²) in [6, 6.07) is 13.6. The average molecular weight is 613 g/mol. The summed E-state index contributed by atoms with van der Waals surface area (Å²) in [5.41, 5.74) is 8.80. The van der Waals surface area contributed by atoms with Crippen molar-refractivity contribution in [3.05, 3.63) is 103 Å². The largest absolute Gasteiger partial charge is 0.330 e. The standard InChI is InChI=1S/C33H34BrN5O2/c1-19(2)14-25-17-35-39-30-18-37(32(40)24-9-12-28(34)20(3)15-24)22(5)16-27(30)33(41)38(31(25)39)26-10-7-23(8-11-26)29-13-6-21(4)36-29/h7-13,15,17,19,22H,6,14,16,18H2,1-5H3/t22-/m1/s1. The van der Waals surface area contributed by atoms with Gasteiger partial charge in [0.05, 0.1) is 29.8 Å². The third-order valence-corrected chi connectivity index (χ3v) is 8.95. The highest BCUT2D eigenvalue weighted by atomic mass is 79.9.